The van der Waals surface area contributed by atoms with Gasteiger partial charge in [-0.25, -0.2) is 4.52 Å². The van der Waals surface area contributed by atoms with E-state index in [1.807, 2.05) is 41.0 Å². The van der Waals surface area contributed by atoms with Crippen LogP contribution < -0.4 is 5.32 Å². The summed E-state index contributed by atoms with van der Waals surface area (Å²) in [6.45, 7) is 1.97. The van der Waals surface area contributed by atoms with Crippen LogP contribution in [0.1, 0.15) is 12.0 Å². The number of aryl methyl sites for hydroxylation is 1. The molecular formula is C16H17N5. The molecule has 5 nitrogen and oxygen atoms in total. The zero-order chi connectivity index (χ0) is 14.2. The van der Waals surface area contributed by atoms with Crippen LogP contribution in [0.15, 0.2) is 43.0 Å². The molecule has 0 unspecified atom stereocenters. The molecule has 3 aromatic rings. The summed E-state index contributed by atoms with van der Waals surface area (Å²) in [5.74, 6) is 0. The Labute approximate surface area is 122 Å². The number of nitrogens with one attached hydrogen (secondary N) is 1. The standard InChI is InChI=1S/C16H17N5/c1-20-11-13(9-18-20)15-10-19-21-8-2-3-14(16(15)21)12-4-6-17-7-5-12/h2-4,8-11,17H,5-7H2,1H3. The molecule has 0 fully saturated rings. The molecule has 0 atom stereocenters. The molecule has 0 saturated carbocycles. The molecular weight excluding hydrogens is 262 g/mol. The molecule has 21 heavy (non-hydrogen) atoms. The Kier molecular flexibility index (Phi) is 2.86. The van der Waals surface area contributed by atoms with Crippen LogP contribution in [0.4, 0.5) is 0 Å². The molecule has 0 aliphatic carbocycles. The highest BCUT2D eigenvalue weighted by Crippen LogP contribution is 2.31. The van der Waals surface area contributed by atoms with E-state index in [1.54, 1.807) is 0 Å². The van der Waals surface area contributed by atoms with Crippen LogP contribution in [0.3, 0.4) is 0 Å². The molecule has 106 valence electrons. The van der Waals surface area contributed by atoms with E-state index in [4.69, 9.17) is 0 Å². The van der Waals surface area contributed by atoms with Crippen molar-refractivity contribution < 1.29 is 0 Å². The van der Waals surface area contributed by atoms with Gasteiger partial charge < -0.3 is 5.32 Å². The monoisotopic (exact) mass is 279 g/mol. The Balaban J connectivity index is 1.95. The second kappa shape index (κ2) is 4.86. The maximum atomic E-state index is 4.50. The summed E-state index contributed by atoms with van der Waals surface area (Å²) in [6, 6.07) is 4.25. The van der Waals surface area contributed by atoms with E-state index in [1.165, 1.54) is 16.7 Å². The average Bonchev–Trinajstić information content (AvgIpc) is 3.13. The zero-order valence-corrected chi connectivity index (χ0v) is 12.0. The minimum Gasteiger partial charge on any atom is -0.313 e. The van der Waals surface area contributed by atoms with Gasteiger partial charge in [0.2, 0.25) is 0 Å². The number of hydrogen-bond donors (Lipinski definition) is 1. The minimum atomic E-state index is 0.937. The van der Waals surface area contributed by atoms with E-state index in [-0.39, 0.29) is 0 Å². The second-order valence-corrected chi connectivity index (χ2v) is 5.36. The van der Waals surface area contributed by atoms with Crippen molar-refractivity contribution in [1.29, 1.82) is 0 Å². The molecule has 0 radical (unpaired) electrons. The normalized spacial score (nSPS) is 15.4. The summed E-state index contributed by atoms with van der Waals surface area (Å²) in [6.07, 6.45) is 11.2. The van der Waals surface area contributed by atoms with E-state index in [2.05, 4.69) is 33.7 Å². The topological polar surface area (TPSA) is 47.1 Å². The predicted octanol–water partition coefficient (Wildman–Crippen LogP) is 2.11. The maximum Gasteiger partial charge on any atom is 0.0816 e. The van der Waals surface area contributed by atoms with Crippen molar-refractivity contribution in [2.45, 2.75) is 6.42 Å². The third-order valence-corrected chi connectivity index (χ3v) is 3.97. The molecule has 4 heterocycles. The van der Waals surface area contributed by atoms with Gasteiger partial charge in [0, 0.05) is 42.7 Å². The molecule has 1 aliphatic heterocycles. The summed E-state index contributed by atoms with van der Waals surface area (Å²) in [7, 11) is 1.94. The van der Waals surface area contributed by atoms with Crippen molar-refractivity contribution in [2.75, 3.05) is 13.1 Å². The highest BCUT2D eigenvalue weighted by molar-refractivity contribution is 5.90. The minimum absolute atomic E-state index is 0.937. The first-order valence-corrected chi connectivity index (χ1v) is 7.18. The van der Waals surface area contributed by atoms with Crippen LogP contribution in [0.5, 0.6) is 0 Å². The molecule has 0 saturated heterocycles. The van der Waals surface area contributed by atoms with Gasteiger partial charge in [-0.1, -0.05) is 12.1 Å². The molecule has 1 N–H and O–H groups in total. The average molecular weight is 279 g/mol. The lowest BCUT2D eigenvalue weighted by molar-refractivity contribution is 0.738. The van der Waals surface area contributed by atoms with Gasteiger partial charge in [0.15, 0.2) is 0 Å². The largest absolute Gasteiger partial charge is 0.313 e. The lowest BCUT2D eigenvalue weighted by Gasteiger charge is -2.15. The van der Waals surface area contributed by atoms with Crippen molar-refractivity contribution >= 4 is 11.1 Å². The van der Waals surface area contributed by atoms with Crippen molar-refractivity contribution in [1.82, 2.24) is 24.7 Å². The second-order valence-electron chi connectivity index (χ2n) is 5.36. The lowest BCUT2D eigenvalue weighted by Crippen LogP contribution is -2.20. The van der Waals surface area contributed by atoms with Gasteiger partial charge in [-0.05, 0) is 24.6 Å². The van der Waals surface area contributed by atoms with Crippen molar-refractivity contribution in [3.05, 3.63) is 48.6 Å². The predicted molar refractivity (Wildman–Crippen MR) is 82.9 cm³/mol. The maximum absolute atomic E-state index is 4.50. The smallest absolute Gasteiger partial charge is 0.0816 e. The van der Waals surface area contributed by atoms with Crippen LogP contribution in [0.25, 0.3) is 22.2 Å². The van der Waals surface area contributed by atoms with Crippen molar-refractivity contribution in [2.24, 2.45) is 7.05 Å². The van der Waals surface area contributed by atoms with Crippen LogP contribution in [0.2, 0.25) is 0 Å². The number of hydrogen-bond acceptors (Lipinski definition) is 3. The SMILES string of the molecule is Cn1cc(-c2cnn3cccc(C4=CCNCC4)c23)cn1. The van der Waals surface area contributed by atoms with Crippen LogP contribution >= 0.6 is 0 Å². The fraction of sp³-hybridized carbons (Fsp3) is 0.250. The summed E-state index contributed by atoms with van der Waals surface area (Å²) in [4.78, 5) is 0. The number of rotatable bonds is 2. The van der Waals surface area contributed by atoms with E-state index in [9.17, 15) is 0 Å². The molecule has 0 aromatic carbocycles. The van der Waals surface area contributed by atoms with Gasteiger partial charge in [-0.15, -0.1) is 0 Å². The van der Waals surface area contributed by atoms with Crippen LogP contribution in [0, 0.1) is 0 Å². The number of nitrogens with zero attached hydrogens (tertiary/aromatic N) is 4. The van der Waals surface area contributed by atoms with E-state index in [0.29, 0.717) is 0 Å². The number of fused-ring (bicyclic) bond motifs is 1. The molecule has 5 heteroatoms. The third kappa shape index (κ3) is 2.06. The quantitative estimate of drug-likeness (QED) is 0.781. The van der Waals surface area contributed by atoms with Gasteiger partial charge in [0.05, 0.1) is 17.9 Å². The summed E-state index contributed by atoms with van der Waals surface area (Å²) in [5.41, 5.74) is 6.08. The molecule has 0 amide bonds. The first-order chi connectivity index (χ1) is 10.3. The van der Waals surface area contributed by atoms with Crippen molar-refractivity contribution in [3.63, 3.8) is 0 Å². The molecule has 4 rings (SSSR count). The van der Waals surface area contributed by atoms with Gasteiger partial charge in [-0.3, -0.25) is 4.68 Å². The zero-order valence-electron chi connectivity index (χ0n) is 12.0. The lowest BCUT2D eigenvalue weighted by atomic mass is 9.97. The summed E-state index contributed by atoms with van der Waals surface area (Å²) in [5, 5.41) is 12.1. The molecule has 0 bridgehead atoms. The highest BCUT2D eigenvalue weighted by Gasteiger charge is 2.15. The Morgan fingerprint density at radius 3 is 2.90 bits per heavy atom. The summed E-state index contributed by atoms with van der Waals surface area (Å²) >= 11 is 0. The molecule has 3 aromatic heterocycles. The summed E-state index contributed by atoms with van der Waals surface area (Å²) < 4.78 is 3.78. The molecule has 0 spiro atoms. The van der Waals surface area contributed by atoms with Gasteiger partial charge >= 0.3 is 0 Å². The third-order valence-electron chi connectivity index (χ3n) is 3.97. The highest BCUT2D eigenvalue weighted by atomic mass is 15.2. The van der Waals surface area contributed by atoms with Crippen molar-refractivity contribution in [3.8, 4) is 11.1 Å². The Hall–Kier alpha value is -2.40. The number of aromatic nitrogens is 4. The Morgan fingerprint density at radius 1 is 1.19 bits per heavy atom. The van der Waals surface area contributed by atoms with Gasteiger partial charge in [0.25, 0.3) is 0 Å². The fourth-order valence-electron chi connectivity index (χ4n) is 2.94. The first-order valence-electron chi connectivity index (χ1n) is 7.18. The Morgan fingerprint density at radius 2 is 2.14 bits per heavy atom. The molecule has 1 aliphatic rings. The van der Waals surface area contributed by atoms with Crippen LogP contribution in [-0.4, -0.2) is 32.5 Å². The fourth-order valence-corrected chi connectivity index (χ4v) is 2.94. The van der Waals surface area contributed by atoms with Crippen LogP contribution in [-0.2, 0) is 7.05 Å². The van der Waals surface area contributed by atoms with E-state index < -0.39 is 0 Å². The van der Waals surface area contributed by atoms with Gasteiger partial charge in [-0.2, -0.15) is 10.2 Å². The Bertz CT molecular complexity index is 824. The first kappa shape index (κ1) is 12.3. The van der Waals surface area contributed by atoms with Gasteiger partial charge in [0.1, 0.15) is 0 Å². The number of pyridine rings is 1. The van der Waals surface area contributed by atoms with E-state index in [0.717, 1.165) is 30.6 Å². The van der Waals surface area contributed by atoms with E-state index >= 15 is 0 Å².